The molecular weight excluding hydrogens is 216 g/mol. The first kappa shape index (κ1) is 14.3. The van der Waals surface area contributed by atoms with Crippen molar-refractivity contribution in [3.05, 3.63) is 0 Å². The summed E-state index contributed by atoms with van der Waals surface area (Å²) in [6, 6.07) is 0.711. The molecule has 2 nitrogen and oxygen atoms in total. The van der Waals surface area contributed by atoms with Crippen LogP contribution >= 0.6 is 11.8 Å². The van der Waals surface area contributed by atoms with Gasteiger partial charge >= 0.3 is 0 Å². The molecule has 1 heterocycles. The van der Waals surface area contributed by atoms with Gasteiger partial charge < -0.3 is 10.2 Å². The molecule has 1 fully saturated rings. The molecule has 1 N–H and O–H groups in total. The monoisotopic (exact) mass is 244 g/mol. The predicted molar refractivity (Wildman–Crippen MR) is 75.3 cm³/mol. The van der Waals surface area contributed by atoms with Crippen molar-refractivity contribution in [3.63, 3.8) is 0 Å². The molecule has 0 aromatic rings. The number of nitrogens with one attached hydrogen (secondary N) is 1. The Balaban J connectivity index is 2.36. The molecule has 0 saturated carbocycles. The molecule has 3 heteroatoms. The van der Waals surface area contributed by atoms with E-state index in [4.69, 9.17) is 0 Å². The van der Waals surface area contributed by atoms with E-state index in [0.717, 1.165) is 0 Å². The summed E-state index contributed by atoms with van der Waals surface area (Å²) in [5.41, 5.74) is 0. The van der Waals surface area contributed by atoms with Crippen molar-refractivity contribution >= 4 is 11.8 Å². The fourth-order valence-electron chi connectivity index (χ4n) is 2.52. The molecule has 0 aliphatic carbocycles. The zero-order valence-corrected chi connectivity index (χ0v) is 12.2. The average Bonchev–Trinajstić information content (AvgIpc) is 2.32. The van der Waals surface area contributed by atoms with Crippen LogP contribution in [-0.4, -0.2) is 48.6 Å². The van der Waals surface area contributed by atoms with Crippen molar-refractivity contribution < 1.29 is 0 Å². The van der Waals surface area contributed by atoms with E-state index in [1.165, 1.54) is 45.3 Å². The molecule has 1 unspecified atom stereocenters. The van der Waals surface area contributed by atoms with Crippen LogP contribution in [0.1, 0.15) is 39.5 Å². The maximum Gasteiger partial charge on any atom is 0.0276 e. The standard InChI is InChI=1S/C13H28N2S/c1-5-13(6-2,16-4)11-14-12-8-7-9-15(3)10-12/h12,14H,5-11H2,1-4H3. The Hall–Kier alpha value is 0.270. The van der Waals surface area contributed by atoms with E-state index < -0.39 is 0 Å². The Labute approximate surface area is 106 Å². The molecule has 1 saturated heterocycles. The van der Waals surface area contributed by atoms with Crippen LogP contribution in [0.15, 0.2) is 0 Å². The number of likely N-dealkylation sites (tertiary alicyclic amines) is 1. The quantitative estimate of drug-likeness (QED) is 0.773. The molecule has 0 amide bonds. The highest BCUT2D eigenvalue weighted by Crippen LogP contribution is 2.29. The molecule has 1 aliphatic heterocycles. The van der Waals surface area contributed by atoms with E-state index in [0.29, 0.717) is 10.8 Å². The van der Waals surface area contributed by atoms with Crippen LogP contribution in [0.2, 0.25) is 0 Å². The number of hydrogen-bond acceptors (Lipinski definition) is 3. The van der Waals surface area contributed by atoms with Crippen molar-refractivity contribution in [2.75, 3.05) is 32.9 Å². The maximum atomic E-state index is 3.78. The van der Waals surface area contributed by atoms with Crippen LogP contribution in [0.4, 0.5) is 0 Å². The van der Waals surface area contributed by atoms with E-state index in [9.17, 15) is 0 Å². The zero-order chi connectivity index (χ0) is 12.0. The van der Waals surface area contributed by atoms with Gasteiger partial charge in [0, 0.05) is 23.9 Å². The maximum absolute atomic E-state index is 3.78. The summed E-state index contributed by atoms with van der Waals surface area (Å²) in [6.07, 6.45) is 7.48. The van der Waals surface area contributed by atoms with Gasteiger partial charge in [0.15, 0.2) is 0 Å². The Kier molecular flexibility index (Phi) is 6.16. The average molecular weight is 244 g/mol. The summed E-state index contributed by atoms with van der Waals surface area (Å²) < 4.78 is 0.454. The van der Waals surface area contributed by atoms with Gasteiger partial charge in [-0.15, -0.1) is 0 Å². The molecule has 1 aliphatic rings. The molecule has 0 radical (unpaired) electrons. The fourth-order valence-corrected chi connectivity index (χ4v) is 3.33. The third kappa shape index (κ3) is 3.94. The van der Waals surface area contributed by atoms with Crippen LogP contribution in [0, 0.1) is 0 Å². The normalized spacial score (nSPS) is 23.6. The van der Waals surface area contributed by atoms with Crippen molar-refractivity contribution in [2.45, 2.75) is 50.3 Å². The fraction of sp³-hybridized carbons (Fsp3) is 1.00. The lowest BCUT2D eigenvalue weighted by atomic mass is 10.00. The van der Waals surface area contributed by atoms with E-state index in [1.807, 2.05) is 11.8 Å². The lowest BCUT2D eigenvalue weighted by Crippen LogP contribution is -2.48. The van der Waals surface area contributed by atoms with Gasteiger partial charge in [-0.25, -0.2) is 0 Å². The molecule has 0 aromatic heterocycles. The number of hydrogen-bond donors (Lipinski definition) is 1. The van der Waals surface area contributed by atoms with Crippen LogP contribution in [0.5, 0.6) is 0 Å². The summed E-state index contributed by atoms with van der Waals surface area (Å²) in [5, 5.41) is 3.78. The van der Waals surface area contributed by atoms with E-state index in [1.54, 1.807) is 0 Å². The second-order valence-electron chi connectivity index (χ2n) is 5.08. The van der Waals surface area contributed by atoms with Gasteiger partial charge in [-0.3, -0.25) is 0 Å². The van der Waals surface area contributed by atoms with Gasteiger partial charge in [0.1, 0.15) is 0 Å². The number of likely N-dealkylation sites (N-methyl/N-ethyl adjacent to an activating group) is 1. The zero-order valence-electron chi connectivity index (χ0n) is 11.4. The van der Waals surface area contributed by atoms with Crippen LogP contribution in [0.3, 0.4) is 0 Å². The molecule has 0 aromatic carbocycles. The Bertz CT molecular complexity index is 184. The summed E-state index contributed by atoms with van der Waals surface area (Å²) in [6.45, 7) is 8.29. The van der Waals surface area contributed by atoms with E-state index in [2.05, 4.69) is 37.4 Å². The predicted octanol–water partition coefficient (Wildman–Crippen LogP) is 2.59. The summed E-state index contributed by atoms with van der Waals surface area (Å²) in [4.78, 5) is 2.44. The second kappa shape index (κ2) is 6.87. The minimum absolute atomic E-state index is 0.454. The van der Waals surface area contributed by atoms with Crippen molar-refractivity contribution in [1.82, 2.24) is 10.2 Å². The Morgan fingerprint density at radius 3 is 2.56 bits per heavy atom. The van der Waals surface area contributed by atoms with Gasteiger partial charge in [0.25, 0.3) is 0 Å². The topological polar surface area (TPSA) is 15.3 Å². The van der Waals surface area contributed by atoms with Gasteiger partial charge in [-0.2, -0.15) is 11.8 Å². The summed E-state index contributed by atoms with van der Waals surface area (Å²) in [5.74, 6) is 0. The van der Waals surface area contributed by atoms with Crippen molar-refractivity contribution in [1.29, 1.82) is 0 Å². The number of piperidine rings is 1. The highest BCUT2D eigenvalue weighted by molar-refractivity contribution is 8.00. The highest BCUT2D eigenvalue weighted by atomic mass is 32.2. The first-order valence-corrected chi connectivity index (χ1v) is 7.85. The third-order valence-corrected chi connectivity index (χ3v) is 5.65. The van der Waals surface area contributed by atoms with Crippen LogP contribution in [0.25, 0.3) is 0 Å². The molecule has 96 valence electrons. The van der Waals surface area contributed by atoms with E-state index >= 15 is 0 Å². The third-order valence-electron chi connectivity index (χ3n) is 4.06. The van der Waals surface area contributed by atoms with Crippen molar-refractivity contribution in [3.8, 4) is 0 Å². The summed E-state index contributed by atoms with van der Waals surface area (Å²) >= 11 is 2.03. The summed E-state index contributed by atoms with van der Waals surface area (Å²) in [7, 11) is 2.23. The highest BCUT2D eigenvalue weighted by Gasteiger charge is 2.26. The minimum atomic E-state index is 0.454. The van der Waals surface area contributed by atoms with Gasteiger partial charge in [-0.1, -0.05) is 13.8 Å². The Morgan fingerprint density at radius 2 is 2.06 bits per heavy atom. The minimum Gasteiger partial charge on any atom is -0.311 e. The van der Waals surface area contributed by atoms with Gasteiger partial charge in [0.05, 0.1) is 0 Å². The SMILES string of the molecule is CCC(CC)(CNC1CCCN(C)C1)SC. The first-order valence-electron chi connectivity index (χ1n) is 6.63. The second-order valence-corrected chi connectivity index (χ2v) is 6.35. The number of thioether (sulfide) groups is 1. The first-order chi connectivity index (χ1) is 7.65. The molecule has 0 spiro atoms. The van der Waals surface area contributed by atoms with Crippen LogP contribution in [-0.2, 0) is 0 Å². The molecule has 1 rings (SSSR count). The Morgan fingerprint density at radius 1 is 1.38 bits per heavy atom. The lowest BCUT2D eigenvalue weighted by molar-refractivity contribution is 0.223. The molecule has 0 bridgehead atoms. The molecular formula is C13H28N2S. The lowest BCUT2D eigenvalue weighted by Gasteiger charge is -2.35. The molecule has 1 atom stereocenters. The van der Waals surface area contributed by atoms with Crippen LogP contribution < -0.4 is 5.32 Å². The van der Waals surface area contributed by atoms with E-state index in [-0.39, 0.29) is 0 Å². The smallest absolute Gasteiger partial charge is 0.0276 e. The van der Waals surface area contributed by atoms with Gasteiger partial charge in [-0.05, 0) is 45.5 Å². The number of rotatable bonds is 6. The largest absolute Gasteiger partial charge is 0.311 e. The molecule has 16 heavy (non-hydrogen) atoms. The van der Waals surface area contributed by atoms with Gasteiger partial charge in [0.2, 0.25) is 0 Å². The number of nitrogens with zero attached hydrogens (tertiary/aromatic N) is 1. The van der Waals surface area contributed by atoms with Crippen molar-refractivity contribution in [2.24, 2.45) is 0 Å².